The zero-order valence-electron chi connectivity index (χ0n) is 14.6. The molecular formula is C17H11F7O4S. The average Bonchev–Trinajstić information content (AvgIpc) is 2.57. The SMILES string of the molecule is COc1c(C(=O)c2ccc(C(F)(F)F)cc2S(C)(=O)=O)ccc(C(F)(F)F)c1F. The third kappa shape index (κ3) is 4.52. The van der Waals surface area contributed by atoms with E-state index in [0.717, 1.165) is 7.11 Å². The second kappa shape index (κ2) is 7.32. The van der Waals surface area contributed by atoms with Gasteiger partial charge in [-0.25, -0.2) is 12.8 Å². The van der Waals surface area contributed by atoms with E-state index in [0.29, 0.717) is 24.5 Å². The van der Waals surface area contributed by atoms with Crippen LogP contribution in [-0.4, -0.2) is 27.6 Å². The van der Waals surface area contributed by atoms with Crippen LogP contribution in [0.5, 0.6) is 5.75 Å². The van der Waals surface area contributed by atoms with E-state index in [4.69, 9.17) is 0 Å². The van der Waals surface area contributed by atoms with Crippen LogP contribution in [0.25, 0.3) is 0 Å². The van der Waals surface area contributed by atoms with E-state index >= 15 is 0 Å². The monoisotopic (exact) mass is 444 g/mol. The summed E-state index contributed by atoms with van der Waals surface area (Å²) in [6, 6.07) is 1.99. The molecule has 0 saturated heterocycles. The van der Waals surface area contributed by atoms with E-state index in [1.165, 1.54) is 0 Å². The Morgan fingerprint density at radius 2 is 1.48 bits per heavy atom. The number of hydrogen-bond donors (Lipinski definition) is 0. The van der Waals surface area contributed by atoms with E-state index in [2.05, 4.69) is 4.74 Å². The molecule has 0 aliphatic heterocycles. The van der Waals surface area contributed by atoms with Gasteiger partial charge in [-0.1, -0.05) is 0 Å². The minimum atomic E-state index is -5.11. The van der Waals surface area contributed by atoms with Crippen LogP contribution < -0.4 is 4.74 Å². The Morgan fingerprint density at radius 3 is 1.93 bits per heavy atom. The van der Waals surface area contributed by atoms with Crippen molar-refractivity contribution in [3.05, 3.63) is 58.4 Å². The number of carbonyl (C=O) groups is 1. The molecular weight excluding hydrogens is 433 g/mol. The largest absolute Gasteiger partial charge is 0.493 e. The first-order chi connectivity index (χ1) is 13.1. The van der Waals surface area contributed by atoms with Crippen LogP contribution in [0.1, 0.15) is 27.0 Å². The number of benzene rings is 2. The lowest BCUT2D eigenvalue weighted by molar-refractivity contribution is -0.140. The van der Waals surface area contributed by atoms with Crippen molar-refractivity contribution >= 4 is 15.6 Å². The minimum absolute atomic E-state index is 0.218. The third-order valence-corrected chi connectivity index (χ3v) is 4.94. The van der Waals surface area contributed by atoms with Crippen LogP contribution in [0.4, 0.5) is 30.7 Å². The van der Waals surface area contributed by atoms with E-state index in [-0.39, 0.29) is 12.1 Å². The molecule has 0 unspecified atom stereocenters. The lowest BCUT2D eigenvalue weighted by atomic mass is 9.99. The maximum Gasteiger partial charge on any atom is 0.419 e. The fourth-order valence-corrected chi connectivity index (χ4v) is 3.39. The smallest absolute Gasteiger partial charge is 0.419 e. The van der Waals surface area contributed by atoms with Crippen molar-refractivity contribution in [2.45, 2.75) is 17.2 Å². The molecule has 4 nitrogen and oxygen atoms in total. The Kier molecular flexibility index (Phi) is 5.72. The van der Waals surface area contributed by atoms with Gasteiger partial charge in [0.2, 0.25) is 0 Å². The molecule has 0 aliphatic carbocycles. The summed E-state index contributed by atoms with van der Waals surface area (Å²) in [5.41, 5.74) is -4.66. The molecule has 2 aromatic rings. The molecule has 0 heterocycles. The van der Waals surface area contributed by atoms with Gasteiger partial charge in [-0.15, -0.1) is 0 Å². The first-order valence-electron chi connectivity index (χ1n) is 7.48. The highest BCUT2D eigenvalue weighted by Gasteiger charge is 2.38. The maximum absolute atomic E-state index is 14.2. The topological polar surface area (TPSA) is 60.4 Å². The lowest BCUT2D eigenvalue weighted by Crippen LogP contribution is -2.15. The molecule has 0 amide bonds. The zero-order valence-corrected chi connectivity index (χ0v) is 15.4. The van der Waals surface area contributed by atoms with Crippen molar-refractivity contribution in [3.63, 3.8) is 0 Å². The fraction of sp³-hybridized carbons (Fsp3) is 0.235. The first kappa shape index (κ1) is 22.7. The molecule has 0 saturated carbocycles. The maximum atomic E-state index is 14.2. The molecule has 0 spiro atoms. The van der Waals surface area contributed by atoms with Crippen LogP contribution in [0, 0.1) is 5.82 Å². The highest BCUT2D eigenvalue weighted by molar-refractivity contribution is 7.90. The van der Waals surface area contributed by atoms with Crippen LogP contribution in [0.15, 0.2) is 35.2 Å². The van der Waals surface area contributed by atoms with Gasteiger partial charge in [0.05, 0.1) is 28.7 Å². The van der Waals surface area contributed by atoms with Gasteiger partial charge in [0.25, 0.3) is 0 Å². The molecule has 0 atom stereocenters. The van der Waals surface area contributed by atoms with Crippen molar-refractivity contribution in [1.82, 2.24) is 0 Å². The molecule has 0 N–H and O–H groups in total. The van der Waals surface area contributed by atoms with E-state index in [9.17, 15) is 43.9 Å². The van der Waals surface area contributed by atoms with Crippen molar-refractivity contribution in [1.29, 1.82) is 0 Å². The van der Waals surface area contributed by atoms with Gasteiger partial charge in [0.15, 0.2) is 27.2 Å². The number of ether oxygens (including phenoxy) is 1. The number of hydrogen-bond acceptors (Lipinski definition) is 4. The van der Waals surface area contributed by atoms with E-state index in [1.807, 2.05) is 0 Å². The van der Waals surface area contributed by atoms with Crippen LogP contribution in [-0.2, 0) is 22.2 Å². The molecule has 0 aromatic heterocycles. The summed E-state index contributed by atoms with van der Waals surface area (Å²) >= 11 is 0. The Hall–Kier alpha value is -2.63. The second-order valence-corrected chi connectivity index (χ2v) is 7.80. The molecule has 0 radical (unpaired) electrons. The molecule has 0 bridgehead atoms. The predicted molar refractivity (Wildman–Crippen MR) is 85.9 cm³/mol. The third-order valence-electron chi connectivity index (χ3n) is 3.80. The van der Waals surface area contributed by atoms with Crippen LogP contribution >= 0.6 is 0 Å². The van der Waals surface area contributed by atoms with Crippen LogP contribution in [0.2, 0.25) is 0 Å². The Labute approximate surface area is 159 Å². The first-order valence-corrected chi connectivity index (χ1v) is 9.38. The molecule has 0 aliphatic rings. The van der Waals surface area contributed by atoms with Crippen molar-refractivity contribution < 1.29 is 48.7 Å². The molecule has 0 fully saturated rings. The average molecular weight is 444 g/mol. The molecule has 2 rings (SSSR count). The van der Waals surface area contributed by atoms with Gasteiger partial charge in [0, 0.05) is 11.8 Å². The zero-order chi connectivity index (χ0) is 22.4. The number of methoxy groups -OCH3 is 1. The number of alkyl halides is 6. The number of rotatable bonds is 4. The number of sulfone groups is 1. The molecule has 12 heteroatoms. The molecule has 2 aromatic carbocycles. The normalized spacial score (nSPS) is 12.7. The summed E-state index contributed by atoms with van der Waals surface area (Å²) in [5.74, 6) is -4.37. The Balaban J connectivity index is 2.74. The Bertz CT molecular complexity index is 1070. The highest BCUT2D eigenvalue weighted by atomic mass is 32.2. The lowest BCUT2D eigenvalue weighted by Gasteiger charge is -2.16. The highest BCUT2D eigenvalue weighted by Crippen LogP contribution is 2.38. The summed E-state index contributed by atoms with van der Waals surface area (Å²) < 4.78 is 120. The fourth-order valence-electron chi connectivity index (χ4n) is 2.49. The van der Waals surface area contributed by atoms with Gasteiger partial charge in [-0.05, 0) is 30.3 Å². The summed E-state index contributed by atoms with van der Waals surface area (Å²) in [7, 11) is -3.59. The number of halogens is 7. The van der Waals surface area contributed by atoms with E-state index in [1.54, 1.807) is 0 Å². The van der Waals surface area contributed by atoms with E-state index < -0.39 is 66.7 Å². The summed E-state index contributed by atoms with van der Waals surface area (Å²) in [6.45, 7) is 0. The van der Waals surface area contributed by atoms with Gasteiger partial charge < -0.3 is 4.74 Å². The van der Waals surface area contributed by atoms with Crippen LogP contribution in [0.3, 0.4) is 0 Å². The molecule has 29 heavy (non-hydrogen) atoms. The minimum Gasteiger partial charge on any atom is -0.493 e. The standard InChI is InChI=1S/C17H11F7O4S/c1-28-15-10(5-6-11(13(15)18)17(22,23)24)14(25)9-4-3-8(16(19,20)21)7-12(9)29(2,26)27/h3-7H,1-2H3. The van der Waals surface area contributed by atoms with Crippen molar-refractivity contribution in [2.24, 2.45) is 0 Å². The predicted octanol–water partition coefficient (Wildman–Crippen LogP) is 4.51. The van der Waals surface area contributed by atoms with Gasteiger partial charge in [-0.3, -0.25) is 4.79 Å². The summed E-state index contributed by atoms with van der Waals surface area (Å²) in [6.07, 6.45) is -9.48. The quantitative estimate of drug-likeness (QED) is 0.515. The van der Waals surface area contributed by atoms with Gasteiger partial charge in [-0.2, -0.15) is 26.3 Å². The van der Waals surface area contributed by atoms with Gasteiger partial charge in [0.1, 0.15) is 0 Å². The van der Waals surface area contributed by atoms with Crippen molar-refractivity contribution in [3.8, 4) is 5.75 Å². The Morgan fingerprint density at radius 1 is 0.931 bits per heavy atom. The van der Waals surface area contributed by atoms with Gasteiger partial charge >= 0.3 is 12.4 Å². The second-order valence-electron chi connectivity index (χ2n) is 5.82. The molecule has 158 valence electrons. The summed E-state index contributed by atoms with van der Waals surface area (Å²) in [5, 5.41) is 0. The van der Waals surface area contributed by atoms with Crippen molar-refractivity contribution in [2.75, 3.05) is 13.4 Å². The summed E-state index contributed by atoms with van der Waals surface area (Å²) in [4.78, 5) is 11.7. The number of carbonyl (C=O) groups excluding carboxylic acids is 1. The number of ketones is 1.